The van der Waals surface area contributed by atoms with Crippen molar-refractivity contribution in [1.29, 1.82) is 0 Å². The average molecular weight is 283 g/mol. The van der Waals surface area contributed by atoms with E-state index in [2.05, 4.69) is 34.8 Å². The van der Waals surface area contributed by atoms with Crippen molar-refractivity contribution in [2.75, 3.05) is 17.6 Å². The van der Waals surface area contributed by atoms with Crippen LogP contribution in [0.4, 0.5) is 0 Å². The number of nitrogens with one attached hydrogen (secondary N) is 1. The number of rotatable bonds is 3. The maximum absolute atomic E-state index is 11.4. The highest BCUT2D eigenvalue weighted by Gasteiger charge is 2.30. The number of ether oxygens (including phenoxy) is 1. The van der Waals surface area contributed by atoms with E-state index in [4.69, 9.17) is 4.74 Å². The summed E-state index contributed by atoms with van der Waals surface area (Å²) in [6.07, 6.45) is 0.801. The van der Waals surface area contributed by atoms with Crippen molar-refractivity contribution in [2.24, 2.45) is 5.92 Å². The van der Waals surface area contributed by atoms with Crippen molar-refractivity contribution in [3.05, 3.63) is 0 Å². The number of hydrogen-bond donors (Lipinski definition) is 1. The summed E-state index contributed by atoms with van der Waals surface area (Å²) in [6, 6.07) is 0. The Morgan fingerprint density at radius 1 is 1.75 bits per heavy atom. The molecule has 0 spiro atoms. The molecule has 1 heterocycles. The molecule has 1 saturated heterocycles. The molecular weight excluding hydrogens is 269 g/mol. The molecule has 2 unspecified atom stereocenters. The van der Waals surface area contributed by atoms with Crippen LogP contribution < -0.4 is 5.32 Å². The first kappa shape index (κ1) is 10.2. The monoisotopic (exact) mass is 283 g/mol. The zero-order valence-corrected chi connectivity index (χ0v) is 9.34. The zero-order chi connectivity index (χ0) is 8.97. The van der Waals surface area contributed by atoms with Crippen LogP contribution in [0.15, 0.2) is 0 Å². The normalized spacial score (nSPS) is 28.8. The van der Waals surface area contributed by atoms with Gasteiger partial charge in [-0.1, -0.05) is 29.5 Å². The summed E-state index contributed by atoms with van der Waals surface area (Å²) in [5.74, 6) is 0.427. The van der Waals surface area contributed by atoms with Crippen LogP contribution in [0.3, 0.4) is 0 Å². The molecule has 0 radical (unpaired) electrons. The van der Waals surface area contributed by atoms with Gasteiger partial charge in [0, 0.05) is 17.6 Å². The van der Waals surface area contributed by atoms with Crippen LogP contribution in [0.1, 0.15) is 13.3 Å². The van der Waals surface area contributed by atoms with E-state index in [0.717, 1.165) is 24.0 Å². The third-order valence-electron chi connectivity index (χ3n) is 2.04. The number of alkyl halides is 1. The summed E-state index contributed by atoms with van der Waals surface area (Å²) < 4.78 is 6.26. The Labute approximate surface area is 86.4 Å². The van der Waals surface area contributed by atoms with E-state index in [-0.39, 0.29) is 12.0 Å². The van der Waals surface area contributed by atoms with E-state index in [1.54, 1.807) is 0 Å². The molecule has 70 valence electrons. The highest BCUT2D eigenvalue weighted by molar-refractivity contribution is 14.1. The van der Waals surface area contributed by atoms with Crippen LogP contribution in [0.2, 0.25) is 0 Å². The second-order valence-electron chi connectivity index (χ2n) is 3.04. The Balaban J connectivity index is 2.30. The van der Waals surface area contributed by atoms with E-state index >= 15 is 0 Å². The molecule has 0 bridgehead atoms. The lowest BCUT2D eigenvalue weighted by Crippen LogP contribution is -2.38. The van der Waals surface area contributed by atoms with Gasteiger partial charge in [0.25, 0.3) is 0 Å². The van der Waals surface area contributed by atoms with Gasteiger partial charge in [-0.05, 0) is 12.3 Å². The molecule has 0 aromatic rings. The smallest absolute Gasteiger partial charge is 0.249 e. The second-order valence-corrected chi connectivity index (χ2v) is 4.12. The van der Waals surface area contributed by atoms with E-state index in [1.807, 2.05) is 0 Å². The first-order valence-corrected chi connectivity index (χ1v) is 5.73. The van der Waals surface area contributed by atoms with Crippen molar-refractivity contribution >= 4 is 28.5 Å². The molecule has 0 aromatic carbocycles. The fourth-order valence-corrected chi connectivity index (χ4v) is 1.57. The number of halogens is 1. The van der Waals surface area contributed by atoms with Gasteiger partial charge in [0.15, 0.2) is 0 Å². The number of amides is 1. The molecule has 0 saturated carbocycles. The molecule has 2 atom stereocenters. The van der Waals surface area contributed by atoms with Gasteiger partial charge in [-0.25, -0.2) is 0 Å². The summed E-state index contributed by atoms with van der Waals surface area (Å²) in [6.45, 7) is 3.52. The van der Waals surface area contributed by atoms with Gasteiger partial charge in [-0.3, -0.25) is 4.79 Å². The molecule has 3 nitrogen and oxygen atoms in total. The lowest BCUT2D eigenvalue weighted by atomic mass is 10.0. The van der Waals surface area contributed by atoms with Gasteiger partial charge in [0.2, 0.25) is 5.91 Å². The maximum atomic E-state index is 11.4. The zero-order valence-electron chi connectivity index (χ0n) is 7.18. The molecular formula is C8H14INO2. The van der Waals surface area contributed by atoms with Crippen molar-refractivity contribution in [1.82, 2.24) is 5.32 Å². The first-order valence-electron chi connectivity index (χ1n) is 4.21. The van der Waals surface area contributed by atoms with Gasteiger partial charge >= 0.3 is 0 Å². The van der Waals surface area contributed by atoms with E-state index < -0.39 is 0 Å². The van der Waals surface area contributed by atoms with E-state index in [1.165, 1.54) is 0 Å². The van der Waals surface area contributed by atoms with Gasteiger partial charge < -0.3 is 10.1 Å². The molecule has 4 heteroatoms. The van der Waals surface area contributed by atoms with Gasteiger partial charge in [0.05, 0.1) is 0 Å². The van der Waals surface area contributed by atoms with Gasteiger partial charge in [0.1, 0.15) is 6.10 Å². The molecule has 12 heavy (non-hydrogen) atoms. The lowest BCUT2D eigenvalue weighted by Gasteiger charge is -2.13. The number of carbonyl (C=O) groups is 1. The van der Waals surface area contributed by atoms with Crippen LogP contribution in [-0.4, -0.2) is 29.6 Å². The Bertz CT molecular complexity index is 163. The summed E-state index contributed by atoms with van der Waals surface area (Å²) in [5.41, 5.74) is 0. The summed E-state index contributed by atoms with van der Waals surface area (Å²) in [7, 11) is 0. The molecule has 1 N–H and O–H groups in total. The molecule has 1 fully saturated rings. The topological polar surface area (TPSA) is 38.3 Å². The molecule has 0 aliphatic carbocycles. The lowest BCUT2D eigenvalue weighted by molar-refractivity contribution is -0.131. The minimum atomic E-state index is -0.201. The third kappa shape index (κ3) is 2.58. The minimum absolute atomic E-state index is 0.0525. The minimum Gasteiger partial charge on any atom is -0.368 e. The predicted molar refractivity (Wildman–Crippen MR) is 55.4 cm³/mol. The Morgan fingerprint density at radius 2 is 2.50 bits per heavy atom. The second kappa shape index (κ2) is 5.01. The highest BCUT2D eigenvalue weighted by atomic mass is 127. The molecule has 1 rings (SSSR count). The number of hydrogen-bond acceptors (Lipinski definition) is 2. The van der Waals surface area contributed by atoms with Gasteiger partial charge in [-0.15, -0.1) is 0 Å². The summed E-state index contributed by atoms with van der Waals surface area (Å²) in [4.78, 5) is 11.4. The van der Waals surface area contributed by atoms with E-state index in [9.17, 15) is 4.79 Å². The van der Waals surface area contributed by atoms with Crippen molar-refractivity contribution < 1.29 is 9.53 Å². The van der Waals surface area contributed by atoms with Gasteiger partial charge in [-0.2, -0.15) is 0 Å². The number of carbonyl (C=O) groups excluding carboxylic acids is 1. The Morgan fingerprint density at radius 3 is 3.00 bits per heavy atom. The largest absolute Gasteiger partial charge is 0.368 e. The van der Waals surface area contributed by atoms with Crippen molar-refractivity contribution in [3.63, 3.8) is 0 Å². The SMILES string of the molecule is CC1CCOC1C(=O)NCCI. The summed E-state index contributed by atoms with van der Waals surface area (Å²) in [5, 5.41) is 2.83. The van der Waals surface area contributed by atoms with Crippen LogP contribution in [-0.2, 0) is 9.53 Å². The highest BCUT2D eigenvalue weighted by Crippen LogP contribution is 2.19. The maximum Gasteiger partial charge on any atom is 0.249 e. The quantitative estimate of drug-likeness (QED) is 0.619. The van der Waals surface area contributed by atoms with Crippen LogP contribution in [0.5, 0.6) is 0 Å². The molecule has 1 aliphatic heterocycles. The van der Waals surface area contributed by atoms with E-state index in [0.29, 0.717) is 5.92 Å². The van der Waals surface area contributed by atoms with Crippen LogP contribution >= 0.6 is 22.6 Å². The van der Waals surface area contributed by atoms with Crippen LogP contribution in [0, 0.1) is 5.92 Å². The molecule has 1 amide bonds. The fraction of sp³-hybridized carbons (Fsp3) is 0.875. The predicted octanol–water partition coefficient (Wildman–Crippen LogP) is 0.963. The Hall–Kier alpha value is 0.160. The van der Waals surface area contributed by atoms with Crippen molar-refractivity contribution in [2.45, 2.75) is 19.4 Å². The Kier molecular flexibility index (Phi) is 4.28. The van der Waals surface area contributed by atoms with Crippen LogP contribution in [0.25, 0.3) is 0 Å². The van der Waals surface area contributed by atoms with Crippen molar-refractivity contribution in [3.8, 4) is 0 Å². The molecule has 1 aliphatic rings. The standard InChI is InChI=1S/C8H14INO2/c1-6-2-5-12-7(6)8(11)10-4-3-9/h6-7H,2-5H2,1H3,(H,10,11). The molecule has 0 aromatic heterocycles. The average Bonchev–Trinajstić information content (AvgIpc) is 2.47. The third-order valence-corrected chi connectivity index (χ3v) is 2.58. The first-order chi connectivity index (χ1) is 5.75. The fourth-order valence-electron chi connectivity index (χ4n) is 1.30. The summed E-state index contributed by atoms with van der Waals surface area (Å²) >= 11 is 2.23.